The third-order valence-corrected chi connectivity index (χ3v) is 5.32. The monoisotopic (exact) mass is 353 g/mol. The van der Waals surface area contributed by atoms with E-state index in [0.717, 1.165) is 41.4 Å². The van der Waals surface area contributed by atoms with Gasteiger partial charge in [0.15, 0.2) is 11.5 Å². The number of halogens is 1. The molecule has 21 heavy (non-hydrogen) atoms. The van der Waals surface area contributed by atoms with Gasteiger partial charge >= 0.3 is 0 Å². The molecule has 1 aliphatic heterocycles. The van der Waals surface area contributed by atoms with E-state index in [-0.39, 0.29) is 0 Å². The van der Waals surface area contributed by atoms with Gasteiger partial charge in [-0.05, 0) is 75.2 Å². The Balaban J connectivity index is 1.76. The summed E-state index contributed by atoms with van der Waals surface area (Å²) in [6, 6.07) is 4.23. The smallest absolute Gasteiger partial charge is 0.161 e. The molecule has 0 amide bonds. The number of benzene rings is 1. The maximum Gasteiger partial charge on any atom is 0.161 e. The van der Waals surface area contributed by atoms with Gasteiger partial charge in [0.1, 0.15) is 0 Å². The van der Waals surface area contributed by atoms with Crippen LogP contribution < -0.4 is 14.8 Å². The van der Waals surface area contributed by atoms with Crippen molar-refractivity contribution in [2.24, 2.45) is 5.92 Å². The molecule has 2 aliphatic rings. The first kappa shape index (κ1) is 15.2. The first-order chi connectivity index (χ1) is 10.3. The molecule has 3 rings (SSSR count). The van der Waals surface area contributed by atoms with Gasteiger partial charge in [0.2, 0.25) is 0 Å². The molecule has 1 saturated heterocycles. The first-order valence-corrected chi connectivity index (χ1v) is 8.79. The van der Waals surface area contributed by atoms with Crippen LogP contribution in [0.5, 0.6) is 11.5 Å². The lowest BCUT2D eigenvalue weighted by Crippen LogP contribution is -2.31. The van der Waals surface area contributed by atoms with E-state index < -0.39 is 0 Å². The molecular formula is C17H24BrNO2. The molecule has 1 aromatic carbocycles. The lowest BCUT2D eigenvalue weighted by Gasteiger charge is -2.28. The summed E-state index contributed by atoms with van der Waals surface area (Å²) in [7, 11) is 1.71. The van der Waals surface area contributed by atoms with Gasteiger partial charge in [-0.3, -0.25) is 0 Å². The van der Waals surface area contributed by atoms with Crippen LogP contribution in [0.3, 0.4) is 0 Å². The third-order valence-electron chi connectivity index (χ3n) is 4.59. The standard InChI is InChI=1S/C17H24BrNO2/c1-20-16-10-15(18)13(8-12-4-3-7-19-11-12)9-17(16)21-14-5-2-6-14/h9-10,12,14,19H,2-8,11H2,1H3. The van der Waals surface area contributed by atoms with E-state index in [1.54, 1.807) is 7.11 Å². The predicted octanol–water partition coefficient (Wildman–Crippen LogP) is 3.93. The minimum Gasteiger partial charge on any atom is -0.493 e. The van der Waals surface area contributed by atoms with E-state index in [0.29, 0.717) is 6.10 Å². The zero-order chi connectivity index (χ0) is 14.7. The molecule has 3 nitrogen and oxygen atoms in total. The average molecular weight is 354 g/mol. The zero-order valence-corrected chi connectivity index (χ0v) is 14.2. The van der Waals surface area contributed by atoms with Gasteiger partial charge in [0.25, 0.3) is 0 Å². The predicted molar refractivity (Wildman–Crippen MR) is 88.3 cm³/mol. The van der Waals surface area contributed by atoms with E-state index in [4.69, 9.17) is 9.47 Å². The lowest BCUT2D eigenvalue weighted by atomic mass is 9.92. The second kappa shape index (κ2) is 7.01. The topological polar surface area (TPSA) is 30.5 Å². The maximum absolute atomic E-state index is 6.10. The van der Waals surface area contributed by atoms with Crippen LogP contribution in [0.15, 0.2) is 16.6 Å². The van der Waals surface area contributed by atoms with Crippen molar-refractivity contribution < 1.29 is 9.47 Å². The summed E-state index contributed by atoms with van der Waals surface area (Å²) in [5, 5.41) is 3.49. The zero-order valence-electron chi connectivity index (χ0n) is 12.7. The van der Waals surface area contributed by atoms with Crippen LogP contribution in [0.1, 0.15) is 37.7 Å². The van der Waals surface area contributed by atoms with Crippen molar-refractivity contribution >= 4 is 15.9 Å². The van der Waals surface area contributed by atoms with Crippen LogP contribution in [-0.4, -0.2) is 26.3 Å². The number of ether oxygens (including phenoxy) is 2. The quantitative estimate of drug-likeness (QED) is 0.869. The Morgan fingerprint density at radius 3 is 2.67 bits per heavy atom. The van der Waals surface area contributed by atoms with Gasteiger partial charge < -0.3 is 14.8 Å². The number of rotatable bonds is 5. The molecule has 1 atom stereocenters. The van der Waals surface area contributed by atoms with Gasteiger partial charge in [-0.25, -0.2) is 0 Å². The minimum absolute atomic E-state index is 0.379. The molecule has 116 valence electrons. The van der Waals surface area contributed by atoms with E-state index in [9.17, 15) is 0 Å². The van der Waals surface area contributed by atoms with Crippen molar-refractivity contribution in [3.63, 3.8) is 0 Å². The number of hydrogen-bond donors (Lipinski definition) is 1. The third kappa shape index (κ3) is 3.72. The Morgan fingerprint density at radius 1 is 1.19 bits per heavy atom. The minimum atomic E-state index is 0.379. The molecule has 0 spiro atoms. The molecule has 4 heteroatoms. The lowest BCUT2D eigenvalue weighted by molar-refractivity contribution is 0.116. The van der Waals surface area contributed by atoms with Crippen LogP contribution in [-0.2, 0) is 6.42 Å². The fourth-order valence-corrected chi connectivity index (χ4v) is 3.55. The highest BCUT2D eigenvalue weighted by molar-refractivity contribution is 9.10. The number of piperidine rings is 1. The summed E-state index contributed by atoms with van der Waals surface area (Å²) in [6.07, 6.45) is 7.68. The summed E-state index contributed by atoms with van der Waals surface area (Å²) in [4.78, 5) is 0. The van der Waals surface area contributed by atoms with E-state index in [2.05, 4.69) is 33.4 Å². The largest absolute Gasteiger partial charge is 0.493 e. The molecule has 0 aromatic heterocycles. The number of nitrogens with one attached hydrogen (secondary N) is 1. The van der Waals surface area contributed by atoms with Gasteiger partial charge in [-0.1, -0.05) is 15.9 Å². The molecule has 1 aliphatic carbocycles. The van der Waals surface area contributed by atoms with Crippen LogP contribution >= 0.6 is 15.9 Å². The number of hydrogen-bond acceptors (Lipinski definition) is 3. The van der Waals surface area contributed by atoms with Crippen LogP contribution in [0.25, 0.3) is 0 Å². The highest BCUT2D eigenvalue weighted by atomic mass is 79.9. The van der Waals surface area contributed by atoms with Crippen molar-refractivity contribution in [3.8, 4) is 11.5 Å². The van der Waals surface area contributed by atoms with E-state index in [1.807, 2.05) is 0 Å². The number of methoxy groups -OCH3 is 1. The molecule has 0 radical (unpaired) electrons. The average Bonchev–Trinajstić information content (AvgIpc) is 2.46. The highest BCUT2D eigenvalue weighted by Gasteiger charge is 2.22. The molecule has 1 heterocycles. The summed E-state index contributed by atoms with van der Waals surface area (Å²) >= 11 is 3.69. The molecule has 1 N–H and O–H groups in total. The summed E-state index contributed by atoms with van der Waals surface area (Å²) < 4.78 is 12.7. The fraction of sp³-hybridized carbons (Fsp3) is 0.647. The van der Waals surface area contributed by atoms with Crippen molar-refractivity contribution in [1.82, 2.24) is 5.32 Å². The summed E-state index contributed by atoms with van der Waals surface area (Å²) in [5.74, 6) is 2.46. The van der Waals surface area contributed by atoms with Crippen LogP contribution in [0, 0.1) is 5.92 Å². The summed E-state index contributed by atoms with van der Waals surface area (Å²) in [6.45, 7) is 2.29. The van der Waals surface area contributed by atoms with Crippen LogP contribution in [0.4, 0.5) is 0 Å². The van der Waals surface area contributed by atoms with Gasteiger partial charge in [0.05, 0.1) is 13.2 Å². The van der Waals surface area contributed by atoms with Crippen molar-refractivity contribution in [2.75, 3.05) is 20.2 Å². The van der Waals surface area contributed by atoms with Gasteiger partial charge in [-0.15, -0.1) is 0 Å². The normalized spacial score (nSPS) is 22.7. The SMILES string of the molecule is COc1cc(Br)c(CC2CCCNC2)cc1OC1CCC1. The van der Waals surface area contributed by atoms with Crippen molar-refractivity contribution in [3.05, 3.63) is 22.2 Å². The van der Waals surface area contributed by atoms with Crippen LogP contribution in [0.2, 0.25) is 0 Å². The first-order valence-electron chi connectivity index (χ1n) is 8.00. The highest BCUT2D eigenvalue weighted by Crippen LogP contribution is 2.37. The Bertz CT molecular complexity index is 482. The molecule has 2 fully saturated rings. The fourth-order valence-electron chi connectivity index (χ4n) is 3.06. The van der Waals surface area contributed by atoms with E-state index in [1.165, 1.54) is 37.7 Å². The Morgan fingerprint density at radius 2 is 2.05 bits per heavy atom. The van der Waals surface area contributed by atoms with Crippen molar-refractivity contribution in [1.29, 1.82) is 0 Å². The molecule has 0 bridgehead atoms. The summed E-state index contributed by atoms with van der Waals surface area (Å²) in [5.41, 5.74) is 1.33. The molecule has 1 unspecified atom stereocenters. The van der Waals surface area contributed by atoms with Crippen molar-refractivity contribution in [2.45, 2.75) is 44.6 Å². The maximum atomic E-state index is 6.10. The molecular weight excluding hydrogens is 330 g/mol. The van der Waals surface area contributed by atoms with Gasteiger partial charge in [0, 0.05) is 4.47 Å². The molecule has 1 aromatic rings. The Hall–Kier alpha value is -0.740. The molecule has 1 saturated carbocycles. The second-order valence-electron chi connectivity index (χ2n) is 6.18. The Labute approximate surface area is 135 Å². The van der Waals surface area contributed by atoms with E-state index >= 15 is 0 Å². The second-order valence-corrected chi connectivity index (χ2v) is 7.04. The van der Waals surface area contributed by atoms with Gasteiger partial charge in [-0.2, -0.15) is 0 Å². The Kier molecular flexibility index (Phi) is 5.07.